The number of hydrogen-bond donors (Lipinski definition) is 1. The number of thioether (sulfide) groups is 1. The number of hydrogen-bond acceptors (Lipinski definition) is 7. The molecule has 0 fully saturated rings. The maximum absolute atomic E-state index is 13.3. The van der Waals surface area contributed by atoms with Gasteiger partial charge in [0.2, 0.25) is 5.91 Å². The second kappa shape index (κ2) is 10.2. The van der Waals surface area contributed by atoms with Gasteiger partial charge in [-0.3, -0.25) is 19.7 Å². The maximum Gasteiger partial charge on any atom is 0.296 e. The van der Waals surface area contributed by atoms with E-state index in [4.69, 9.17) is 9.26 Å². The first-order chi connectivity index (χ1) is 15.3. The van der Waals surface area contributed by atoms with Crippen LogP contribution in [-0.2, 0) is 10.5 Å². The van der Waals surface area contributed by atoms with E-state index in [1.807, 2.05) is 0 Å². The number of carbonyl (C=O) groups is 1. The number of methoxy groups -OCH3 is 1. The number of rotatable bonds is 9. The number of nitrogens with zero attached hydrogens (tertiary/aromatic N) is 2. The van der Waals surface area contributed by atoms with Crippen LogP contribution in [0.3, 0.4) is 0 Å². The summed E-state index contributed by atoms with van der Waals surface area (Å²) >= 11 is 1.41. The van der Waals surface area contributed by atoms with Gasteiger partial charge < -0.3 is 14.6 Å². The third kappa shape index (κ3) is 5.02. The summed E-state index contributed by atoms with van der Waals surface area (Å²) in [4.78, 5) is 35.8. The minimum Gasteiger partial charge on any atom is -0.497 e. The van der Waals surface area contributed by atoms with Gasteiger partial charge in [0, 0.05) is 36.6 Å². The Labute approximate surface area is 188 Å². The van der Waals surface area contributed by atoms with Crippen LogP contribution in [-0.4, -0.2) is 35.5 Å². The molecule has 0 unspecified atom stereocenters. The van der Waals surface area contributed by atoms with E-state index >= 15 is 0 Å². The average molecular weight is 458 g/mol. The van der Waals surface area contributed by atoms with Crippen molar-refractivity contribution in [3.05, 3.63) is 74.1 Å². The Hall–Kier alpha value is -3.53. The zero-order valence-electron chi connectivity index (χ0n) is 17.9. The zero-order valence-corrected chi connectivity index (χ0v) is 18.7. The predicted octanol–water partition coefficient (Wildman–Crippen LogP) is 3.69. The number of nitrogens with one attached hydrogen (secondary N) is 1. The molecule has 0 bridgehead atoms. The fourth-order valence-corrected chi connectivity index (χ4v) is 4.01. The molecule has 0 saturated carbocycles. The minimum absolute atomic E-state index is 0.0574. The van der Waals surface area contributed by atoms with Crippen LogP contribution in [0.1, 0.15) is 17.5 Å². The smallest absolute Gasteiger partial charge is 0.296 e. The van der Waals surface area contributed by atoms with E-state index in [-0.39, 0.29) is 23.0 Å². The topological polar surface area (TPSA) is 117 Å². The maximum atomic E-state index is 13.3. The van der Waals surface area contributed by atoms with Gasteiger partial charge in [0.25, 0.3) is 11.2 Å². The molecule has 0 atom stereocenters. The fourth-order valence-electron chi connectivity index (χ4n) is 3.08. The van der Waals surface area contributed by atoms with Crippen LogP contribution < -0.4 is 15.6 Å². The van der Waals surface area contributed by atoms with Crippen molar-refractivity contribution in [3.8, 4) is 22.8 Å². The molecule has 1 N–H and O–H groups in total. The molecule has 0 aliphatic rings. The van der Waals surface area contributed by atoms with Crippen LogP contribution in [0.25, 0.3) is 17.0 Å². The van der Waals surface area contributed by atoms with Crippen molar-refractivity contribution in [3.63, 3.8) is 0 Å². The first-order valence-corrected chi connectivity index (χ1v) is 10.9. The molecule has 9 nitrogen and oxygen atoms in total. The van der Waals surface area contributed by atoms with Gasteiger partial charge in [-0.15, -0.1) is 4.74 Å². The summed E-state index contributed by atoms with van der Waals surface area (Å²) in [7, 11) is 3.12. The lowest BCUT2D eigenvalue weighted by atomic mass is 10.1. The second-order valence-corrected chi connectivity index (χ2v) is 8.06. The molecule has 0 aliphatic heterocycles. The van der Waals surface area contributed by atoms with Crippen molar-refractivity contribution in [1.29, 1.82) is 0 Å². The Kier molecular flexibility index (Phi) is 7.37. The van der Waals surface area contributed by atoms with Crippen LogP contribution in [0.4, 0.5) is 5.69 Å². The van der Waals surface area contributed by atoms with Crippen molar-refractivity contribution in [2.24, 2.45) is 0 Å². The molecule has 1 heterocycles. The van der Waals surface area contributed by atoms with Crippen molar-refractivity contribution in [2.45, 2.75) is 19.1 Å². The summed E-state index contributed by atoms with van der Waals surface area (Å²) < 4.78 is 12.0. The molecule has 10 heteroatoms. The number of ether oxygens (including phenoxy) is 1. The summed E-state index contributed by atoms with van der Waals surface area (Å²) in [6, 6.07) is 11.6. The largest absolute Gasteiger partial charge is 0.497 e. The van der Waals surface area contributed by atoms with E-state index in [2.05, 4.69) is 5.32 Å². The highest BCUT2D eigenvalue weighted by atomic mass is 32.2. The van der Waals surface area contributed by atoms with Crippen LogP contribution in [0, 0.1) is 17.0 Å². The molecule has 32 heavy (non-hydrogen) atoms. The highest BCUT2D eigenvalue weighted by Crippen LogP contribution is 2.30. The molecular formula is C22H23N3O6S. The van der Waals surface area contributed by atoms with Gasteiger partial charge in [-0.1, -0.05) is 6.07 Å². The Balaban J connectivity index is 2.06. The molecule has 2 aromatic carbocycles. The van der Waals surface area contributed by atoms with E-state index in [9.17, 15) is 19.7 Å². The molecule has 0 saturated heterocycles. The van der Waals surface area contributed by atoms with Gasteiger partial charge in [-0.25, -0.2) is 0 Å². The third-order valence-corrected chi connectivity index (χ3v) is 5.78. The van der Waals surface area contributed by atoms with Crippen molar-refractivity contribution < 1.29 is 19.0 Å². The monoisotopic (exact) mass is 457 g/mol. The number of aryl methyl sites for hydroxylation is 1. The average Bonchev–Trinajstić information content (AvgIpc) is 3.12. The highest BCUT2D eigenvalue weighted by molar-refractivity contribution is 7.98. The Bertz CT molecular complexity index is 1180. The minimum atomic E-state index is -0.540. The molecule has 1 aromatic heterocycles. The van der Waals surface area contributed by atoms with Crippen LogP contribution >= 0.6 is 11.8 Å². The number of benzene rings is 2. The molecule has 168 valence electrons. The summed E-state index contributed by atoms with van der Waals surface area (Å²) in [5.74, 6) is 1.67. The SMILES string of the molecule is CNC(=O)CCSCc1c(-c2ccc(OC)cc2)on(-c2ccc(C)cc2[N+](=O)[O-])c1=O. The van der Waals surface area contributed by atoms with Crippen LogP contribution in [0.15, 0.2) is 51.8 Å². The van der Waals surface area contributed by atoms with Gasteiger partial charge in [0.05, 0.1) is 17.6 Å². The van der Waals surface area contributed by atoms with E-state index in [1.54, 1.807) is 51.4 Å². The molecule has 0 radical (unpaired) electrons. The number of nitro groups is 1. The summed E-state index contributed by atoms with van der Waals surface area (Å²) in [6.07, 6.45) is 0.314. The van der Waals surface area contributed by atoms with Crippen molar-refractivity contribution in [1.82, 2.24) is 10.1 Å². The first kappa shape index (κ1) is 23.1. The van der Waals surface area contributed by atoms with Crippen LogP contribution in [0.2, 0.25) is 0 Å². The molecule has 3 rings (SSSR count). The van der Waals surface area contributed by atoms with E-state index in [1.165, 1.54) is 23.9 Å². The first-order valence-electron chi connectivity index (χ1n) is 9.79. The van der Waals surface area contributed by atoms with Gasteiger partial charge >= 0.3 is 0 Å². The third-order valence-electron chi connectivity index (χ3n) is 4.80. The Morgan fingerprint density at radius 3 is 2.59 bits per heavy atom. The van der Waals surface area contributed by atoms with Crippen LogP contribution in [0.5, 0.6) is 5.75 Å². The molecular weight excluding hydrogens is 434 g/mol. The molecule has 0 aliphatic carbocycles. The van der Waals surface area contributed by atoms with Crippen molar-refractivity contribution >= 4 is 23.4 Å². The Morgan fingerprint density at radius 1 is 1.25 bits per heavy atom. The Morgan fingerprint density at radius 2 is 1.97 bits per heavy atom. The summed E-state index contributed by atoms with van der Waals surface area (Å²) in [5.41, 5.74) is 1.06. The summed E-state index contributed by atoms with van der Waals surface area (Å²) in [6.45, 7) is 1.74. The number of nitro benzene ring substituents is 1. The number of amides is 1. The van der Waals surface area contributed by atoms with E-state index in [0.717, 1.165) is 4.74 Å². The highest BCUT2D eigenvalue weighted by Gasteiger charge is 2.25. The number of aromatic nitrogens is 1. The molecule has 0 spiro atoms. The van der Waals surface area contributed by atoms with Gasteiger partial charge in [-0.2, -0.15) is 11.8 Å². The standard InChI is InChI=1S/C22H23N3O6S/c1-14-4-9-18(19(12-14)25(28)29)24-22(27)17(13-32-11-10-20(26)23-2)21(31-24)15-5-7-16(30-3)8-6-15/h4-9,12H,10-11,13H2,1-3H3,(H,23,26). The lowest BCUT2D eigenvalue weighted by Gasteiger charge is -2.04. The molecule has 1 amide bonds. The normalized spacial score (nSPS) is 10.7. The van der Waals surface area contributed by atoms with E-state index < -0.39 is 10.5 Å². The lowest BCUT2D eigenvalue weighted by Crippen LogP contribution is -2.18. The van der Waals surface area contributed by atoms with Gasteiger partial charge in [0.15, 0.2) is 11.4 Å². The van der Waals surface area contributed by atoms with Gasteiger partial charge in [0.1, 0.15) is 5.75 Å². The lowest BCUT2D eigenvalue weighted by molar-refractivity contribution is -0.384. The second-order valence-electron chi connectivity index (χ2n) is 6.95. The quantitative estimate of drug-likeness (QED) is 0.296. The molecule has 3 aromatic rings. The zero-order chi connectivity index (χ0) is 23.3. The van der Waals surface area contributed by atoms with Gasteiger partial charge in [-0.05, 0) is 42.8 Å². The van der Waals surface area contributed by atoms with Crippen molar-refractivity contribution in [2.75, 3.05) is 19.9 Å². The van der Waals surface area contributed by atoms with E-state index in [0.29, 0.717) is 40.4 Å². The number of carbonyl (C=O) groups excluding carboxylic acids is 1. The predicted molar refractivity (Wildman–Crippen MR) is 123 cm³/mol. The fraction of sp³-hybridized carbons (Fsp3) is 0.273. The summed E-state index contributed by atoms with van der Waals surface area (Å²) in [5, 5.41) is 14.1.